The summed E-state index contributed by atoms with van der Waals surface area (Å²) in [5.74, 6) is 1.81. The lowest BCUT2D eigenvalue weighted by atomic mass is 9.99. The number of carbonyl (C=O) groups is 1. The van der Waals surface area contributed by atoms with E-state index in [0.717, 1.165) is 57.7 Å². The third-order valence-electron chi connectivity index (χ3n) is 4.86. The van der Waals surface area contributed by atoms with Crippen LogP contribution >= 0.6 is 0 Å². The third-order valence-corrected chi connectivity index (χ3v) is 4.86. The summed E-state index contributed by atoms with van der Waals surface area (Å²) in [5.41, 5.74) is 0. The molecular weight excluding hydrogens is 302 g/mol. The molecule has 0 radical (unpaired) electrons. The van der Waals surface area contributed by atoms with Gasteiger partial charge in [0.05, 0.1) is 0 Å². The third kappa shape index (κ3) is 7.99. The summed E-state index contributed by atoms with van der Waals surface area (Å²) in [6.45, 7) is 12.6. The van der Waals surface area contributed by atoms with Gasteiger partial charge in [-0.05, 0) is 12.3 Å². The average molecular weight is 340 g/mol. The Labute approximate surface area is 148 Å². The highest BCUT2D eigenvalue weighted by Gasteiger charge is 2.17. The van der Waals surface area contributed by atoms with Gasteiger partial charge in [-0.3, -0.25) is 14.7 Å². The number of nitrogens with zero attached hydrogens (tertiary/aromatic N) is 3. The van der Waals surface area contributed by atoms with E-state index in [4.69, 9.17) is 0 Å². The topological polar surface area (TPSA) is 60.0 Å². The van der Waals surface area contributed by atoms with Gasteiger partial charge < -0.3 is 15.5 Å². The van der Waals surface area contributed by atoms with Gasteiger partial charge in [-0.2, -0.15) is 0 Å². The van der Waals surface area contributed by atoms with Gasteiger partial charge in [-0.25, -0.2) is 0 Å². The normalized spacial score (nSPS) is 17.7. The molecule has 0 bridgehead atoms. The van der Waals surface area contributed by atoms with Gasteiger partial charge in [-0.1, -0.05) is 33.1 Å². The van der Waals surface area contributed by atoms with Crippen molar-refractivity contribution in [2.24, 2.45) is 10.9 Å². The molecule has 0 saturated carbocycles. The lowest BCUT2D eigenvalue weighted by Gasteiger charge is -2.34. The number of rotatable bonds is 9. The minimum atomic E-state index is 0.186. The van der Waals surface area contributed by atoms with Crippen LogP contribution in [0.5, 0.6) is 0 Å². The van der Waals surface area contributed by atoms with Gasteiger partial charge in [-0.15, -0.1) is 0 Å². The summed E-state index contributed by atoms with van der Waals surface area (Å²) in [6, 6.07) is 0. The van der Waals surface area contributed by atoms with Crippen LogP contribution in [0, 0.1) is 5.92 Å². The summed E-state index contributed by atoms with van der Waals surface area (Å²) in [6.07, 6.45) is 5.07. The van der Waals surface area contributed by atoms with Crippen molar-refractivity contribution in [3.05, 3.63) is 0 Å². The fraction of sp³-hybridized carbons (Fsp3) is 0.889. The highest BCUT2D eigenvalue weighted by molar-refractivity contribution is 5.79. The van der Waals surface area contributed by atoms with Crippen molar-refractivity contribution < 1.29 is 4.79 Å². The number of carbonyl (C=O) groups excluding carboxylic acids is 1. The minimum absolute atomic E-state index is 0.186. The molecule has 1 saturated heterocycles. The number of nitrogens with one attached hydrogen (secondary N) is 2. The summed E-state index contributed by atoms with van der Waals surface area (Å²) in [7, 11) is 1.83. The van der Waals surface area contributed by atoms with Gasteiger partial charge in [0.15, 0.2) is 5.96 Å². The van der Waals surface area contributed by atoms with Crippen LogP contribution in [-0.4, -0.2) is 74.5 Å². The summed E-state index contributed by atoms with van der Waals surface area (Å²) < 4.78 is 0. The van der Waals surface area contributed by atoms with Crippen molar-refractivity contribution in [3.8, 4) is 0 Å². The number of guanidine groups is 1. The maximum absolute atomic E-state index is 11.3. The Kier molecular flexibility index (Phi) is 10.5. The fourth-order valence-corrected chi connectivity index (χ4v) is 3.02. The van der Waals surface area contributed by atoms with Gasteiger partial charge in [0.1, 0.15) is 0 Å². The largest absolute Gasteiger partial charge is 0.356 e. The van der Waals surface area contributed by atoms with Crippen molar-refractivity contribution in [2.45, 2.75) is 46.5 Å². The molecule has 0 spiro atoms. The lowest BCUT2D eigenvalue weighted by molar-refractivity contribution is -0.130. The Morgan fingerprint density at radius 3 is 2.42 bits per heavy atom. The molecule has 1 aliphatic heterocycles. The monoisotopic (exact) mass is 339 g/mol. The van der Waals surface area contributed by atoms with Crippen LogP contribution in [0.15, 0.2) is 4.99 Å². The Hall–Kier alpha value is -1.30. The molecule has 0 aliphatic carbocycles. The maximum Gasteiger partial charge on any atom is 0.219 e. The van der Waals surface area contributed by atoms with Crippen LogP contribution < -0.4 is 10.6 Å². The Morgan fingerprint density at radius 1 is 1.17 bits per heavy atom. The number of amides is 1. The second-order valence-corrected chi connectivity index (χ2v) is 6.64. The number of unbranched alkanes of at least 4 members (excludes halogenated alkanes) is 1. The quantitative estimate of drug-likeness (QED) is 0.494. The number of hydrogen-bond donors (Lipinski definition) is 2. The number of piperazine rings is 1. The van der Waals surface area contributed by atoms with Crippen LogP contribution in [0.3, 0.4) is 0 Å². The summed E-state index contributed by atoms with van der Waals surface area (Å²) in [5, 5.41) is 6.86. The van der Waals surface area contributed by atoms with Crippen LogP contribution in [0.4, 0.5) is 0 Å². The minimum Gasteiger partial charge on any atom is -0.356 e. The standard InChI is InChI=1S/C18H37N5O/c1-5-7-8-17(6-2)15-21-18(19-4)20-9-10-22-11-13-23(14-12-22)16(3)24/h17H,5-15H2,1-4H3,(H2,19,20,21). The van der Waals surface area contributed by atoms with Crippen molar-refractivity contribution in [1.82, 2.24) is 20.4 Å². The molecule has 2 N–H and O–H groups in total. The van der Waals surface area contributed by atoms with E-state index in [1.807, 2.05) is 11.9 Å². The molecule has 1 amide bonds. The molecule has 1 heterocycles. The predicted octanol–water partition coefficient (Wildman–Crippen LogP) is 1.53. The first kappa shape index (κ1) is 20.7. The SMILES string of the molecule is CCCCC(CC)CNC(=NC)NCCN1CCN(C(C)=O)CC1. The second-order valence-electron chi connectivity index (χ2n) is 6.64. The lowest BCUT2D eigenvalue weighted by Crippen LogP contribution is -2.50. The van der Waals surface area contributed by atoms with E-state index in [1.54, 1.807) is 6.92 Å². The first-order valence-corrected chi connectivity index (χ1v) is 9.53. The van der Waals surface area contributed by atoms with E-state index in [9.17, 15) is 4.79 Å². The summed E-state index contributed by atoms with van der Waals surface area (Å²) >= 11 is 0. The molecule has 24 heavy (non-hydrogen) atoms. The van der Waals surface area contributed by atoms with Crippen LogP contribution in [0.1, 0.15) is 46.5 Å². The first-order chi connectivity index (χ1) is 11.6. The van der Waals surface area contributed by atoms with Crippen molar-refractivity contribution >= 4 is 11.9 Å². The molecule has 1 aliphatic rings. The van der Waals surface area contributed by atoms with Crippen LogP contribution in [-0.2, 0) is 4.79 Å². The second kappa shape index (κ2) is 12.1. The van der Waals surface area contributed by atoms with Crippen molar-refractivity contribution in [2.75, 3.05) is 52.9 Å². The van der Waals surface area contributed by atoms with Gasteiger partial charge >= 0.3 is 0 Å². The molecule has 0 aromatic rings. The molecule has 6 heteroatoms. The van der Waals surface area contributed by atoms with E-state index in [1.165, 1.54) is 25.7 Å². The molecule has 1 unspecified atom stereocenters. The first-order valence-electron chi connectivity index (χ1n) is 9.53. The zero-order valence-electron chi connectivity index (χ0n) is 16.1. The smallest absolute Gasteiger partial charge is 0.219 e. The van der Waals surface area contributed by atoms with Crippen LogP contribution in [0.2, 0.25) is 0 Å². The maximum atomic E-state index is 11.3. The highest BCUT2D eigenvalue weighted by Crippen LogP contribution is 2.11. The Bertz CT molecular complexity index is 378. The molecule has 140 valence electrons. The van der Waals surface area contributed by atoms with Gasteiger partial charge in [0.2, 0.25) is 5.91 Å². The molecule has 0 aromatic heterocycles. The molecular formula is C18H37N5O. The van der Waals surface area contributed by atoms with Gasteiger partial charge in [0.25, 0.3) is 0 Å². The average Bonchev–Trinajstić information content (AvgIpc) is 2.60. The van der Waals surface area contributed by atoms with E-state index < -0.39 is 0 Å². The molecule has 1 fully saturated rings. The zero-order valence-corrected chi connectivity index (χ0v) is 16.1. The Morgan fingerprint density at radius 2 is 1.88 bits per heavy atom. The van der Waals surface area contributed by atoms with E-state index in [0.29, 0.717) is 0 Å². The highest BCUT2D eigenvalue weighted by atomic mass is 16.2. The summed E-state index contributed by atoms with van der Waals surface area (Å²) in [4.78, 5) is 20.0. The van der Waals surface area contributed by atoms with E-state index >= 15 is 0 Å². The van der Waals surface area contributed by atoms with Crippen molar-refractivity contribution in [3.63, 3.8) is 0 Å². The number of hydrogen-bond acceptors (Lipinski definition) is 3. The molecule has 0 aromatic carbocycles. The van der Waals surface area contributed by atoms with E-state index in [-0.39, 0.29) is 5.91 Å². The van der Waals surface area contributed by atoms with E-state index in [2.05, 4.69) is 34.4 Å². The Balaban J connectivity index is 2.19. The zero-order chi connectivity index (χ0) is 17.8. The molecule has 1 rings (SSSR count). The molecule has 1 atom stereocenters. The van der Waals surface area contributed by atoms with Crippen LogP contribution in [0.25, 0.3) is 0 Å². The predicted molar refractivity (Wildman–Crippen MR) is 101 cm³/mol. The fourth-order valence-electron chi connectivity index (χ4n) is 3.02. The van der Waals surface area contributed by atoms with Gasteiger partial charge in [0, 0.05) is 59.8 Å². The molecule has 6 nitrogen and oxygen atoms in total. The van der Waals surface area contributed by atoms with Crippen molar-refractivity contribution in [1.29, 1.82) is 0 Å². The number of aliphatic imine (C=N–C) groups is 1.